The molecular weight excluding hydrogens is 346 g/mol. The number of aromatic nitrogens is 2. The van der Waals surface area contributed by atoms with Gasteiger partial charge in [-0.2, -0.15) is 5.10 Å². The number of nitrogens with zero attached hydrogens (tertiary/aromatic N) is 5. The molecule has 1 unspecified atom stereocenters. The highest BCUT2D eigenvalue weighted by molar-refractivity contribution is 5.80. The number of aryl methyl sites for hydroxylation is 1. The van der Waals surface area contributed by atoms with Gasteiger partial charge in [-0.05, 0) is 34.9 Å². The lowest BCUT2D eigenvalue weighted by Gasteiger charge is -2.40. The number of rotatable bonds is 5. The van der Waals surface area contributed by atoms with E-state index >= 15 is 0 Å². The Labute approximate surface area is 161 Å². The maximum Gasteiger partial charge on any atom is 0.410 e. The van der Waals surface area contributed by atoms with Crippen LogP contribution in [0.15, 0.2) is 17.4 Å². The number of guanidine groups is 1. The minimum atomic E-state index is -0.472. The van der Waals surface area contributed by atoms with Crippen molar-refractivity contribution in [3.05, 3.63) is 18.0 Å². The van der Waals surface area contributed by atoms with Crippen LogP contribution in [0.5, 0.6) is 0 Å². The fraction of sp³-hybridized carbons (Fsp3) is 0.722. The molecule has 1 amide bonds. The topological polar surface area (TPSA) is 87.0 Å². The summed E-state index contributed by atoms with van der Waals surface area (Å²) in [6.07, 6.45) is 3.63. The molecule has 1 aliphatic rings. The van der Waals surface area contributed by atoms with E-state index in [4.69, 9.17) is 4.74 Å². The Morgan fingerprint density at radius 1 is 1.44 bits per heavy atom. The van der Waals surface area contributed by atoms with Crippen molar-refractivity contribution in [2.24, 2.45) is 12.0 Å². The fourth-order valence-corrected chi connectivity index (χ4v) is 2.84. The predicted octanol–water partition coefficient (Wildman–Crippen LogP) is 0.807. The molecule has 1 atom stereocenters. The van der Waals surface area contributed by atoms with Gasteiger partial charge in [0.1, 0.15) is 5.60 Å². The molecule has 0 bridgehead atoms. The summed E-state index contributed by atoms with van der Waals surface area (Å²) in [6.45, 7) is 7.52. The molecule has 1 fully saturated rings. The molecule has 152 valence electrons. The zero-order valence-electron chi connectivity index (χ0n) is 17.5. The zero-order chi connectivity index (χ0) is 20.2. The maximum atomic E-state index is 12.0. The van der Waals surface area contributed by atoms with Gasteiger partial charge in [-0.15, -0.1) is 0 Å². The van der Waals surface area contributed by atoms with Crippen LogP contribution in [-0.4, -0.2) is 84.1 Å². The number of aliphatic imine (C=N–C) groups is 1. The van der Waals surface area contributed by atoms with Gasteiger partial charge in [-0.3, -0.25) is 9.67 Å². The van der Waals surface area contributed by atoms with E-state index in [0.29, 0.717) is 19.6 Å². The molecule has 1 aromatic rings. The van der Waals surface area contributed by atoms with E-state index in [2.05, 4.69) is 25.6 Å². The first-order chi connectivity index (χ1) is 12.6. The summed E-state index contributed by atoms with van der Waals surface area (Å²) in [5.74, 6) is 0.722. The minimum absolute atomic E-state index is 0.167. The van der Waals surface area contributed by atoms with Crippen molar-refractivity contribution in [3.8, 4) is 0 Å². The fourth-order valence-electron chi connectivity index (χ4n) is 2.84. The van der Waals surface area contributed by atoms with Crippen LogP contribution in [-0.2, 0) is 11.8 Å². The molecule has 2 N–H and O–H groups in total. The van der Waals surface area contributed by atoms with Crippen LogP contribution in [0, 0.1) is 0 Å². The first-order valence-electron chi connectivity index (χ1n) is 9.19. The zero-order valence-corrected chi connectivity index (χ0v) is 17.5. The molecule has 0 aliphatic carbocycles. The van der Waals surface area contributed by atoms with Gasteiger partial charge in [-0.25, -0.2) is 4.79 Å². The van der Waals surface area contributed by atoms with E-state index in [1.807, 2.05) is 54.3 Å². The first kappa shape index (κ1) is 21.0. The van der Waals surface area contributed by atoms with E-state index < -0.39 is 5.60 Å². The van der Waals surface area contributed by atoms with Gasteiger partial charge in [0.05, 0.1) is 18.3 Å². The summed E-state index contributed by atoms with van der Waals surface area (Å²) in [5.41, 5.74) is 0.672. The van der Waals surface area contributed by atoms with E-state index in [9.17, 15) is 4.79 Å². The Hall–Kier alpha value is -2.29. The first-order valence-corrected chi connectivity index (χ1v) is 9.19. The van der Waals surface area contributed by atoms with Gasteiger partial charge >= 0.3 is 6.09 Å². The third-order valence-corrected chi connectivity index (χ3v) is 4.29. The van der Waals surface area contributed by atoms with Gasteiger partial charge in [0.15, 0.2) is 5.96 Å². The van der Waals surface area contributed by atoms with Crippen molar-refractivity contribution in [1.29, 1.82) is 0 Å². The summed E-state index contributed by atoms with van der Waals surface area (Å²) >= 11 is 0. The van der Waals surface area contributed by atoms with Crippen LogP contribution in [0.4, 0.5) is 4.79 Å². The number of likely N-dealkylation sites (N-methyl/N-ethyl adjacent to an activating group) is 1. The molecular formula is C18H33N7O2. The quantitative estimate of drug-likeness (QED) is 0.582. The van der Waals surface area contributed by atoms with Crippen LogP contribution >= 0.6 is 0 Å². The molecule has 0 spiro atoms. The number of ether oxygens (including phenoxy) is 1. The second-order valence-corrected chi connectivity index (χ2v) is 8.11. The average molecular weight is 380 g/mol. The molecule has 27 heavy (non-hydrogen) atoms. The van der Waals surface area contributed by atoms with Crippen LogP contribution in [0.3, 0.4) is 0 Å². The van der Waals surface area contributed by atoms with Crippen molar-refractivity contribution in [2.75, 3.05) is 40.8 Å². The van der Waals surface area contributed by atoms with E-state index in [1.165, 1.54) is 0 Å². The van der Waals surface area contributed by atoms with Crippen LogP contribution in [0.2, 0.25) is 0 Å². The van der Waals surface area contributed by atoms with Gasteiger partial charge in [0.2, 0.25) is 0 Å². The van der Waals surface area contributed by atoms with Crippen molar-refractivity contribution < 1.29 is 9.53 Å². The lowest BCUT2D eigenvalue weighted by atomic mass is 10.1. The molecule has 1 saturated heterocycles. The van der Waals surface area contributed by atoms with Crippen molar-refractivity contribution >= 4 is 12.1 Å². The Morgan fingerprint density at radius 3 is 2.59 bits per heavy atom. The molecule has 9 heteroatoms. The number of hydrogen-bond donors (Lipinski definition) is 2. The van der Waals surface area contributed by atoms with Gasteiger partial charge in [0, 0.05) is 45.5 Å². The smallest absolute Gasteiger partial charge is 0.410 e. The van der Waals surface area contributed by atoms with Crippen LogP contribution in [0.1, 0.15) is 32.4 Å². The van der Waals surface area contributed by atoms with Crippen molar-refractivity contribution in [2.45, 2.75) is 38.5 Å². The van der Waals surface area contributed by atoms with Crippen molar-refractivity contribution in [3.63, 3.8) is 0 Å². The molecule has 2 heterocycles. The van der Waals surface area contributed by atoms with Crippen molar-refractivity contribution in [1.82, 2.24) is 30.2 Å². The molecule has 2 rings (SSSR count). The normalized spacial score (nSPS) is 16.9. The summed E-state index contributed by atoms with van der Waals surface area (Å²) in [7, 11) is 7.74. The lowest BCUT2D eigenvalue weighted by Crippen LogP contribution is -2.63. The number of hydrogen-bond acceptors (Lipinski definition) is 5. The maximum absolute atomic E-state index is 12.0. The number of likely N-dealkylation sites (tertiary alicyclic amines) is 1. The van der Waals surface area contributed by atoms with E-state index in [0.717, 1.165) is 11.5 Å². The van der Waals surface area contributed by atoms with Gasteiger partial charge in [-0.1, -0.05) is 0 Å². The lowest BCUT2D eigenvalue weighted by molar-refractivity contribution is 0.00700. The third-order valence-electron chi connectivity index (χ3n) is 4.29. The molecule has 0 radical (unpaired) electrons. The van der Waals surface area contributed by atoms with E-state index in [1.54, 1.807) is 16.6 Å². The number of carbonyl (C=O) groups excluding carboxylic acids is 1. The largest absolute Gasteiger partial charge is 0.444 e. The molecule has 0 aromatic carbocycles. The summed E-state index contributed by atoms with van der Waals surface area (Å²) < 4.78 is 7.18. The van der Waals surface area contributed by atoms with Gasteiger partial charge in [0.25, 0.3) is 0 Å². The number of amides is 1. The highest BCUT2D eigenvalue weighted by atomic mass is 16.6. The molecule has 9 nitrogen and oxygen atoms in total. The second-order valence-electron chi connectivity index (χ2n) is 8.11. The minimum Gasteiger partial charge on any atom is -0.444 e. The standard InChI is InChI=1S/C18H33N7O2/c1-18(2,3)27-17(26)25-11-14(12-25)22-16(19-4)20-9-15(23(5)6)13-8-21-24(7)10-13/h8,10,14-15H,9,11-12H2,1-7H3,(H2,19,20,22). The Balaban J connectivity index is 1.80. The predicted molar refractivity (Wildman–Crippen MR) is 106 cm³/mol. The monoisotopic (exact) mass is 379 g/mol. The average Bonchev–Trinajstić information content (AvgIpc) is 2.92. The summed E-state index contributed by atoms with van der Waals surface area (Å²) in [6, 6.07) is 0.344. The van der Waals surface area contributed by atoms with Crippen LogP contribution in [0.25, 0.3) is 0 Å². The molecule has 0 saturated carbocycles. The SMILES string of the molecule is CN=C(NCC(c1cnn(C)c1)N(C)C)NC1CN(C(=O)OC(C)(C)C)C1. The highest BCUT2D eigenvalue weighted by Gasteiger charge is 2.34. The Kier molecular flexibility index (Phi) is 6.69. The number of carbonyl (C=O) groups is 1. The Bertz CT molecular complexity index is 657. The van der Waals surface area contributed by atoms with Crippen LogP contribution < -0.4 is 10.6 Å². The second kappa shape index (κ2) is 8.60. The highest BCUT2D eigenvalue weighted by Crippen LogP contribution is 2.17. The van der Waals surface area contributed by atoms with Gasteiger partial charge < -0.3 is 25.2 Å². The number of nitrogens with one attached hydrogen (secondary N) is 2. The van der Waals surface area contributed by atoms with E-state index in [-0.39, 0.29) is 18.2 Å². The molecule has 1 aromatic heterocycles. The molecule has 1 aliphatic heterocycles. The summed E-state index contributed by atoms with van der Waals surface area (Å²) in [5, 5.41) is 11.0. The third kappa shape index (κ3) is 6.13. The Morgan fingerprint density at radius 2 is 2.11 bits per heavy atom. The summed E-state index contributed by atoms with van der Waals surface area (Å²) in [4.78, 5) is 20.1.